The Balaban J connectivity index is 1.77. The van der Waals surface area contributed by atoms with Gasteiger partial charge in [0.1, 0.15) is 12.4 Å². The molecule has 1 aliphatic carbocycles. The van der Waals surface area contributed by atoms with Crippen LogP contribution in [0.15, 0.2) is 42.5 Å². The van der Waals surface area contributed by atoms with E-state index in [0.717, 1.165) is 31.4 Å². The average Bonchev–Trinajstić information content (AvgIpc) is 2.94. The Morgan fingerprint density at radius 1 is 1.05 bits per heavy atom. The summed E-state index contributed by atoms with van der Waals surface area (Å²) in [6.45, 7) is 0.516. The summed E-state index contributed by atoms with van der Waals surface area (Å²) in [5.74, 6) is 0.861. The van der Waals surface area contributed by atoms with Crippen molar-refractivity contribution in [2.45, 2.75) is 25.7 Å². The quantitative estimate of drug-likeness (QED) is 0.814. The third-order valence-corrected chi connectivity index (χ3v) is 4.03. The number of hydrogen-bond donors (Lipinski definition) is 0. The Kier molecular flexibility index (Phi) is 3.13. The van der Waals surface area contributed by atoms with E-state index in [-0.39, 0.29) is 5.41 Å². The van der Waals surface area contributed by atoms with E-state index in [1.807, 2.05) is 18.2 Å². The number of ether oxygens (including phenoxy) is 1. The fourth-order valence-corrected chi connectivity index (χ4v) is 2.82. The van der Waals surface area contributed by atoms with Gasteiger partial charge in [-0.25, -0.2) is 0 Å². The fourth-order valence-electron chi connectivity index (χ4n) is 2.82. The van der Waals surface area contributed by atoms with Crippen molar-refractivity contribution in [3.63, 3.8) is 0 Å². The minimum atomic E-state index is -0.258. The van der Waals surface area contributed by atoms with Crippen molar-refractivity contribution < 1.29 is 4.74 Å². The molecule has 0 aliphatic heterocycles. The second-order valence-corrected chi connectivity index (χ2v) is 5.40. The SMILES string of the molecule is N#CC1(COc2ccc3ccccc3c2)CCCC1. The van der Waals surface area contributed by atoms with E-state index in [0.29, 0.717) is 6.61 Å². The number of benzene rings is 2. The number of rotatable bonds is 3. The van der Waals surface area contributed by atoms with Crippen molar-refractivity contribution >= 4 is 10.8 Å². The summed E-state index contributed by atoms with van der Waals surface area (Å²) in [5, 5.41) is 11.7. The molecule has 0 saturated heterocycles. The molecule has 0 atom stereocenters. The predicted molar refractivity (Wildman–Crippen MR) is 76.0 cm³/mol. The first kappa shape index (κ1) is 12.0. The Morgan fingerprint density at radius 2 is 1.79 bits per heavy atom. The zero-order valence-corrected chi connectivity index (χ0v) is 10.9. The van der Waals surface area contributed by atoms with E-state index >= 15 is 0 Å². The maximum atomic E-state index is 9.34. The summed E-state index contributed by atoms with van der Waals surface area (Å²) >= 11 is 0. The molecule has 3 rings (SSSR count). The van der Waals surface area contributed by atoms with Gasteiger partial charge in [0, 0.05) is 0 Å². The molecule has 0 N–H and O–H groups in total. The highest BCUT2D eigenvalue weighted by Crippen LogP contribution is 2.38. The largest absolute Gasteiger partial charge is 0.492 e. The molecule has 19 heavy (non-hydrogen) atoms. The molecule has 2 aromatic rings. The Morgan fingerprint density at radius 3 is 2.53 bits per heavy atom. The summed E-state index contributed by atoms with van der Waals surface area (Å²) in [7, 11) is 0. The van der Waals surface area contributed by atoms with Crippen LogP contribution in [0.25, 0.3) is 10.8 Å². The smallest absolute Gasteiger partial charge is 0.120 e. The van der Waals surface area contributed by atoms with Crippen molar-refractivity contribution in [3.05, 3.63) is 42.5 Å². The first-order valence-electron chi connectivity index (χ1n) is 6.84. The van der Waals surface area contributed by atoms with E-state index in [4.69, 9.17) is 4.74 Å². The minimum Gasteiger partial charge on any atom is -0.492 e. The third-order valence-electron chi connectivity index (χ3n) is 4.03. The molecule has 1 aliphatic rings. The molecule has 0 heterocycles. The zero-order chi connectivity index (χ0) is 13.1. The number of nitrogens with zero attached hydrogens (tertiary/aromatic N) is 1. The average molecular weight is 251 g/mol. The van der Waals surface area contributed by atoms with E-state index in [1.165, 1.54) is 10.8 Å². The number of nitriles is 1. The van der Waals surface area contributed by atoms with E-state index in [1.54, 1.807) is 0 Å². The van der Waals surface area contributed by atoms with Gasteiger partial charge in [0.25, 0.3) is 0 Å². The molecule has 96 valence electrons. The molecular formula is C17H17NO. The van der Waals surface area contributed by atoms with Crippen LogP contribution in [0.4, 0.5) is 0 Å². The topological polar surface area (TPSA) is 33.0 Å². The van der Waals surface area contributed by atoms with Gasteiger partial charge in [-0.05, 0) is 35.7 Å². The third kappa shape index (κ3) is 2.42. The number of fused-ring (bicyclic) bond motifs is 1. The van der Waals surface area contributed by atoms with Gasteiger partial charge in [-0.1, -0.05) is 43.2 Å². The first-order chi connectivity index (χ1) is 9.31. The molecule has 2 heteroatoms. The lowest BCUT2D eigenvalue weighted by Gasteiger charge is -2.20. The van der Waals surface area contributed by atoms with Crippen LogP contribution in [0.2, 0.25) is 0 Å². The van der Waals surface area contributed by atoms with Crippen LogP contribution < -0.4 is 4.74 Å². The molecular weight excluding hydrogens is 234 g/mol. The highest BCUT2D eigenvalue weighted by atomic mass is 16.5. The normalized spacial score (nSPS) is 17.2. The van der Waals surface area contributed by atoms with E-state index in [2.05, 4.69) is 30.3 Å². The van der Waals surface area contributed by atoms with Gasteiger partial charge in [-0.15, -0.1) is 0 Å². The van der Waals surface area contributed by atoms with Crippen molar-refractivity contribution in [2.24, 2.45) is 5.41 Å². The lowest BCUT2D eigenvalue weighted by atomic mass is 9.89. The van der Waals surface area contributed by atoms with Crippen molar-refractivity contribution in [2.75, 3.05) is 6.61 Å². The van der Waals surface area contributed by atoms with Crippen LogP contribution in [-0.4, -0.2) is 6.61 Å². The summed E-state index contributed by atoms with van der Waals surface area (Å²) in [5.41, 5.74) is -0.258. The molecule has 2 nitrogen and oxygen atoms in total. The van der Waals surface area contributed by atoms with Gasteiger partial charge < -0.3 is 4.74 Å². The van der Waals surface area contributed by atoms with Crippen molar-refractivity contribution in [1.82, 2.24) is 0 Å². The van der Waals surface area contributed by atoms with Crippen LogP contribution in [0, 0.1) is 16.7 Å². The summed E-state index contributed by atoms with van der Waals surface area (Å²) in [4.78, 5) is 0. The fraction of sp³-hybridized carbons (Fsp3) is 0.353. The monoisotopic (exact) mass is 251 g/mol. The Labute approximate surface area is 113 Å². The summed E-state index contributed by atoms with van der Waals surface area (Å²) < 4.78 is 5.87. The maximum absolute atomic E-state index is 9.34. The minimum absolute atomic E-state index is 0.258. The van der Waals surface area contributed by atoms with Crippen LogP contribution in [0.5, 0.6) is 5.75 Å². The Hall–Kier alpha value is -2.01. The van der Waals surface area contributed by atoms with E-state index < -0.39 is 0 Å². The maximum Gasteiger partial charge on any atom is 0.120 e. The molecule has 0 aromatic heterocycles. The molecule has 0 unspecified atom stereocenters. The van der Waals surface area contributed by atoms with Gasteiger partial charge in [0.15, 0.2) is 0 Å². The van der Waals surface area contributed by atoms with Gasteiger partial charge in [0.05, 0.1) is 11.5 Å². The zero-order valence-electron chi connectivity index (χ0n) is 10.9. The van der Waals surface area contributed by atoms with Crippen LogP contribution in [-0.2, 0) is 0 Å². The Bertz CT molecular complexity index is 620. The van der Waals surface area contributed by atoms with Gasteiger partial charge in [-0.2, -0.15) is 5.26 Å². The summed E-state index contributed by atoms with van der Waals surface area (Å²) in [6.07, 6.45) is 4.23. The lowest BCUT2D eigenvalue weighted by molar-refractivity contribution is 0.201. The standard InChI is InChI=1S/C17H17NO/c18-12-17(9-3-4-10-17)13-19-16-8-7-14-5-1-2-6-15(14)11-16/h1-2,5-8,11H,3-4,9-10,13H2. The molecule has 0 radical (unpaired) electrons. The highest BCUT2D eigenvalue weighted by Gasteiger charge is 2.34. The second kappa shape index (κ2) is 4.93. The van der Waals surface area contributed by atoms with Gasteiger partial charge >= 0.3 is 0 Å². The first-order valence-corrected chi connectivity index (χ1v) is 6.84. The van der Waals surface area contributed by atoms with Crippen molar-refractivity contribution in [1.29, 1.82) is 5.26 Å². The predicted octanol–water partition coefficient (Wildman–Crippen LogP) is 4.30. The number of hydrogen-bond acceptors (Lipinski definition) is 2. The molecule has 1 fully saturated rings. The van der Waals surface area contributed by atoms with E-state index in [9.17, 15) is 5.26 Å². The molecule has 0 bridgehead atoms. The summed E-state index contributed by atoms with van der Waals surface area (Å²) in [6, 6.07) is 16.8. The van der Waals surface area contributed by atoms with Crippen LogP contribution >= 0.6 is 0 Å². The lowest BCUT2D eigenvalue weighted by Crippen LogP contribution is -2.23. The molecule has 0 spiro atoms. The highest BCUT2D eigenvalue weighted by molar-refractivity contribution is 5.83. The molecule has 1 saturated carbocycles. The van der Waals surface area contributed by atoms with Gasteiger partial charge in [-0.3, -0.25) is 0 Å². The molecule has 0 amide bonds. The van der Waals surface area contributed by atoms with Crippen LogP contribution in [0.1, 0.15) is 25.7 Å². The van der Waals surface area contributed by atoms with Gasteiger partial charge in [0.2, 0.25) is 0 Å². The second-order valence-electron chi connectivity index (χ2n) is 5.40. The van der Waals surface area contributed by atoms with Crippen molar-refractivity contribution in [3.8, 4) is 11.8 Å². The van der Waals surface area contributed by atoms with Crippen LogP contribution in [0.3, 0.4) is 0 Å². The molecule has 2 aromatic carbocycles.